The Kier molecular flexibility index (Phi) is 7.05. The minimum atomic E-state index is 1.06. The normalized spacial score (nSPS) is 11.2. The van der Waals surface area contributed by atoms with Crippen LogP contribution in [0.4, 0.5) is 34.4 Å². The van der Waals surface area contributed by atoms with E-state index in [4.69, 9.17) is 0 Å². The quantitative estimate of drug-likeness (QED) is 0.183. The van der Waals surface area contributed by atoms with Gasteiger partial charge in [0.05, 0.1) is 11.4 Å². The van der Waals surface area contributed by atoms with Crippen LogP contribution in [0.5, 0.6) is 0 Å². The van der Waals surface area contributed by atoms with Gasteiger partial charge in [-0.05, 0) is 77.9 Å². The largest absolute Gasteiger partial charge is 0.295 e. The van der Waals surface area contributed by atoms with Gasteiger partial charge in [0, 0.05) is 27.8 Å². The van der Waals surface area contributed by atoms with E-state index in [-0.39, 0.29) is 0 Å². The van der Waals surface area contributed by atoms with Crippen molar-refractivity contribution < 1.29 is 0 Å². The lowest BCUT2D eigenvalue weighted by Gasteiger charge is -2.32. The molecule has 0 aliphatic rings. The van der Waals surface area contributed by atoms with Gasteiger partial charge < -0.3 is 0 Å². The summed E-state index contributed by atoms with van der Waals surface area (Å²) in [5.74, 6) is 2.15. The van der Waals surface area contributed by atoms with Crippen LogP contribution in [-0.2, 0) is 0 Å². The molecular weight excluding hydrogens is 558 g/mol. The molecule has 3 heteroatoms. The second-order valence-corrected chi connectivity index (χ2v) is 11.5. The Hall–Kier alpha value is -6.06. The Balaban J connectivity index is 1.48. The lowest BCUT2D eigenvalue weighted by molar-refractivity contribution is 1.01. The van der Waals surface area contributed by atoms with E-state index < -0.39 is 0 Å². The summed E-state index contributed by atoms with van der Waals surface area (Å²) >= 11 is 0. The molecule has 0 N–H and O–H groups in total. The molecule has 3 nitrogen and oxygen atoms in total. The van der Waals surface area contributed by atoms with Crippen molar-refractivity contribution in [1.82, 2.24) is 4.57 Å². The average Bonchev–Trinajstić information content (AvgIpc) is 3.45. The van der Waals surface area contributed by atoms with Gasteiger partial charge in [-0.1, -0.05) is 127 Å². The van der Waals surface area contributed by atoms with Gasteiger partial charge in [0.1, 0.15) is 11.6 Å². The van der Waals surface area contributed by atoms with Crippen molar-refractivity contribution in [3.05, 3.63) is 188 Å². The predicted octanol–water partition coefficient (Wildman–Crippen LogP) is 12.0. The first kappa shape index (κ1) is 27.5. The van der Waals surface area contributed by atoms with Crippen molar-refractivity contribution in [3.8, 4) is 5.69 Å². The Morgan fingerprint density at radius 1 is 0.413 bits per heavy atom. The summed E-state index contributed by atoms with van der Waals surface area (Å²) < 4.78 is 2.42. The van der Waals surface area contributed by atoms with E-state index in [1.807, 2.05) is 0 Å². The molecule has 8 rings (SSSR count). The molecule has 0 unspecified atom stereocenters. The maximum Gasteiger partial charge on any atom is 0.127 e. The number of hydrogen-bond donors (Lipinski definition) is 0. The smallest absolute Gasteiger partial charge is 0.127 e. The van der Waals surface area contributed by atoms with Gasteiger partial charge in [0.25, 0.3) is 0 Å². The van der Waals surface area contributed by atoms with Crippen molar-refractivity contribution in [3.63, 3.8) is 0 Å². The zero-order valence-corrected chi connectivity index (χ0v) is 25.7. The van der Waals surface area contributed by atoms with Gasteiger partial charge in [-0.15, -0.1) is 0 Å². The zero-order valence-electron chi connectivity index (χ0n) is 25.7. The van der Waals surface area contributed by atoms with Crippen LogP contribution in [-0.4, -0.2) is 4.57 Å². The summed E-state index contributed by atoms with van der Waals surface area (Å²) in [6.07, 6.45) is 0. The van der Waals surface area contributed by atoms with Gasteiger partial charge in [-0.2, -0.15) is 0 Å². The lowest BCUT2D eigenvalue weighted by Crippen LogP contribution is -2.19. The summed E-state index contributed by atoms with van der Waals surface area (Å²) in [4.78, 5) is 4.82. The summed E-state index contributed by atoms with van der Waals surface area (Å²) in [5, 5.41) is 4.81. The van der Waals surface area contributed by atoms with Gasteiger partial charge in [0.2, 0.25) is 0 Å². The van der Waals surface area contributed by atoms with Crippen molar-refractivity contribution in [2.75, 3.05) is 9.80 Å². The molecule has 0 atom stereocenters. The van der Waals surface area contributed by atoms with E-state index in [2.05, 4.69) is 203 Å². The van der Waals surface area contributed by atoms with E-state index in [1.165, 1.54) is 21.5 Å². The van der Waals surface area contributed by atoms with Crippen LogP contribution in [0.2, 0.25) is 0 Å². The highest BCUT2D eigenvalue weighted by atomic mass is 15.3. The zero-order chi connectivity index (χ0) is 30.9. The number of rotatable bonds is 7. The van der Waals surface area contributed by atoms with Gasteiger partial charge in [-0.25, -0.2) is 0 Å². The number of aryl methyl sites for hydroxylation is 1. The number of hydrogen-bond acceptors (Lipinski definition) is 2. The summed E-state index contributed by atoms with van der Waals surface area (Å²) in [7, 11) is 0. The van der Waals surface area contributed by atoms with E-state index in [1.54, 1.807) is 0 Å². The Morgan fingerprint density at radius 3 is 1.41 bits per heavy atom. The fraction of sp³-hybridized carbons (Fsp3) is 0.0233. The highest BCUT2D eigenvalue weighted by Crippen LogP contribution is 2.48. The first-order chi connectivity index (χ1) is 22.8. The van der Waals surface area contributed by atoms with Gasteiger partial charge >= 0.3 is 0 Å². The van der Waals surface area contributed by atoms with Crippen LogP contribution in [0, 0.1) is 6.92 Å². The maximum absolute atomic E-state index is 2.42. The summed E-state index contributed by atoms with van der Waals surface area (Å²) in [6.45, 7) is 2.23. The van der Waals surface area contributed by atoms with Crippen LogP contribution < -0.4 is 9.80 Å². The molecule has 0 radical (unpaired) electrons. The predicted molar refractivity (Wildman–Crippen MR) is 195 cm³/mol. The molecule has 0 saturated carbocycles. The molecule has 0 aliphatic carbocycles. The lowest BCUT2D eigenvalue weighted by atomic mass is 10.1. The third kappa shape index (κ3) is 4.79. The second-order valence-electron chi connectivity index (χ2n) is 11.5. The SMILES string of the molecule is Cc1cc(N(c2ccccc2)c2cccc3ccccc23)n(-c2ccccc2)c1N(c1ccccc1)c1cccc2ccccc12. The van der Waals surface area contributed by atoms with Crippen LogP contribution in [0.15, 0.2) is 182 Å². The number of para-hydroxylation sites is 3. The van der Waals surface area contributed by atoms with E-state index in [9.17, 15) is 0 Å². The van der Waals surface area contributed by atoms with Gasteiger partial charge in [-0.3, -0.25) is 14.4 Å². The highest BCUT2D eigenvalue weighted by Gasteiger charge is 2.28. The van der Waals surface area contributed by atoms with E-state index in [0.29, 0.717) is 0 Å². The number of anilines is 6. The third-order valence-electron chi connectivity index (χ3n) is 8.64. The van der Waals surface area contributed by atoms with Gasteiger partial charge in [0.15, 0.2) is 0 Å². The number of aromatic nitrogens is 1. The number of benzene rings is 7. The molecule has 0 bridgehead atoms. The van der Waals surface area contributed by atoms with Crippen LogP contribution in [0.25, 0.3) is 27.2 Å². The maximum atomic E-state index is 2.42. The number of fused-ring (bicyclic) bond motifs is 2. The van der Waals surface area contributed by atoms with Crippen molar-refractivity contribution in [1.29, 1.82) is 0 Å². The molecule has 0 amide bonds. The second kappa shape index (κ2) is 11.8. The fourth-order valence-electron chi connectivity index (χ4n) is 6.61. The van der Waals surface area contributed by atoms with Crippen molar-refractivity contribution >= 4 is 55.9 Å². The van der Waals surface area contributed by atoms with Crippen molar-refractivity contribution in [2.45, 2.75) is 6.92 Å². The first-order valence-corrected chi connectivity index (χ1v) is 15.7. The molecule has 0 aliphatic heterocycles. The topological polar surface area (TPSA) is 11.4 Å². The van der Waals surface area contributed by atoms with Crippen LogP contribution >= 0.6 is 0 Å². The Morgan fingerprint density at radius 2 is 0.848 bits per heavy atom. The molecule has 0 spiro atoms. The Bertz CT molecular complexity index is 2260. The molecule has 220 valence electrons. The van der Waals surface area contributed by atoms with E-state index in [0.717, 1.165) is 45.6 Å². The summed E-state index contributed by atoms with van der Waals surface area (Å²) in [6, 6.07) is 64.9. The number of nitrogens with zero attached hydrogens (tertiary/aromatic N) is 3. The molecule has 7 aromatic carbocycles. The Labute approximate surface area is 269 Å². The van der Waals surface area contributed by atoms with Crippen LogP contribution in [0.1, 0.15) is 5.56 Å². The minimum absolute atomic E-state index is 1.06. The molecule has 1 aromatic heterocycles. The molecule has 0 fully saturated rings. The fourth-order valence-corrected chi connectivity index (χ4v) is 6.61. The minimum Gasteiger partial charge on any atom is -0.295 e. The van der Waals surface area contributed by atoms with Crippen molar-refractivity contribution in [2.24, 2.45) is 0 Å². The molecule has 1 heterocycles. The molecule has 0 saturated heterocycles. The third-order valence-corrected chi connectivity index (χ3v) is 8.64. The average molecular weight is 592 g/mol. The monoisotopic (exact) mass is 591 g/mol. The molecular formula is C43H33N3. The van der Waals surface area contributed by atoms with Crippen LogP contribution in [0.3, 0.4) is 0 Å². The summed E-state index contributed by atoms with van der Waals surface area (Å²) in [5.41, 5.74) is 6.70. The molecule has 8 aromatic rings. The van der Waals surface area contributed by atoms with E-state index >= 15 is 0 Å². The highest BCUT2D eigenvalue weighted by molar-refractivity contribution is 6.01. The molecule has 46 heavy (non-hydrogen) atoms. The standard InChI is InChI=1S/C43H33N3/c1-32-31-42(44(35-21-5-2-6-22-35)40-29-15-19-33-17-11-13-27-38(33)40)46(37-25-9-4-10-26-37)43(32)45(36-23-7-3-8-24-36)41-30-16-20-34-18-12-14-28-39(34)41/h2-31H,1H3. The first-order valence-electron chi connectivity index (χ1n) is 15.7.